The third-order valence-electron chi connectivity index (χ3n) is 6.42. The van der Waals surface area contributed by atoms with Crippen molar-refractivity contribution in [2.45, 2.75) is 37.2 Å². The van der Waals surface area contributed by atoms with Gasteiger partial charge in [0.15, 0.2) is 0 Å². The summed E-state index contributed by atoms with van der Waals surface area (Å²) in [5.74, 6) is 0.424. The number of likely N-dealkylation sites (tertiary alicyclic amines) is 1. The Morgan fingerprint density at radius 2 is 2.03 bits per heavy atom. The summed E-state index contributed by atoms with van der Waals surface area (Å²) in [6.07, 6.45) is 4.55. The molecule has 1 fully saturated rings. The molecule has 1 aromatic carbocycles. The molecule has 4 rings (SSSR count). The number of carbonyl (C=O) groups excluding carboxylic acids is 1. The van der Waals surface area contributed by atoms with Crippen LogP contribution in [0.25, 0.3) is 0 Å². The number of amides is 2. The first-order valence-corrected chi connectivity index (χ1v) is 12.3. The summed E-state index contributed by atoms with van der Waals surface area (Å²) in [7, 11) is 1.75. The molecule has 1 unspecified atom stereocenters. The van der Waals surface area contributed by atoms with Gasteiger partial charge < -0.3 is 19.9 Å². The highest BCUT2D eigenvalue weighted by Gasteiger charge is 2.26. The third-order valence-corrected chi connectivity index (χ3v) is 7.27. The zero-order valence-electron chi connectivity index (χ0n) is 18.6. The van der Waals surface area contributed by atoms with Crippen molar-refractivity contribution in [3.05, 3.63) is 69.6 Å². The molecule has 1 aromatic heterocycles. The van der Waals surface area contributed by atoms with Crippen molar-refractivity contribution in [3.8, 4) is 0 Å². The number of fused-ring (bicyclic) bond motifs is 1. The summed E-state index contributed by atoms with van der Waals surface area (Å²) in [4.78, 5) is 29.1. The number of rotatable bonds is 6. The Hall–Kier alpha value is -2.29. The number of aryl methyl sites for hydroxylation is 1. The molecule has 2 N–H and O–H groups in total. The number of nitrogens with one attached hydrogen (secondary N) is 1. The zero-order chi connectivity index (χ0) is 22.5. The van der Waals surface area contributed by atoms with Crippen LogP contribution in [0.4, 0.5) is 4.79 Å². The summed E-state index contributed by atoms with van der Waals surface area (Å²) in [6, 6.07) is 12.1. The molecule has 0 aliphatic carbocycles. The van der Waals surface area contributed by atoms with Crippen LogP contribution in [-0.4, -0.2) is 63.0 Å². The maximum absolute atomic E-state index is 12.7. The maximum atomic E-state index is 12.7. The Morgan fingerprint density at radius 3 is 2.88 bits per heavy atom. The first kappa shape index (κ1) is 22.9. The first-order valence-electron chi connectivity index (χ1n) is 11.3. The number of hydrogen-bond acceptors (Lipinski definition) is 5. The largest absolute Gasteiger partial charge is 0.381 e. The summed E-state index contributed by atoms with van der Waals surface area (Å²) in [5, 5.41) is 13.4. The number of urea groups is 1. The molecule has 0 saturated carbocycles. The molecule has 1 saturated heterocycles. The number of aliphatic hydroxyl groups excluding tert-OH is 1. The van der Waals surface area contributed by atoms with Gasteiger partial charge in [0.2, 0.25) is 0 Å². The monoisotopic (exact) mass is 456 g/mol. The second kappa shape index (κ2) is 10.6. The highest BCUT2D eigenvalue weighted by molar-refractivity contribution is 7.99. The SMILES string of the molecule is Cn1cccc(C2CCCN(C(=O)NCS[C@H](O)CN3CCc4ccccc4C3)C2)c1=O. The van der Waals surface area contributed by atoms with E-state index in [0.717, 1.165) is 37.9 Å². The number of aromatic nitrogens is 1. The summed E-state index contributed by atoms with van der Waals surface area (Å²) in [5.41, 5.74) is 2.96. The van der Waals surface area contributed by atoms with Crippen LogP contribution in [0.15, 0.2) is 47.4 Å². The molecule has 2 aliphatic heterocycles. The maximum Gasteiger partial charge on any atom is 0.318 e. The minimum absolute atomic E-state index is 0.0128. The van der Waals surface area contributed by atoms with Crippen molar-refractivity contribution in [1.29, 1.82) is 0 Å². The minimum Gasteiger partial charge on any atom is -0.381 e. The van der Waals surface area contributed by atoms with Gasteiger partial charge in [-0.3, -0.25) is 9.69 Å². The second-order valence-electron chi connectivity index (χ2n) is 8.67. The number of hydrogen-bond donors (Lipinski definition) is 2. The number of aliphatic hydroxyl groups is 1. The molecule has 172 valence electrons. The number of pyridine rings is 1. The Morgan fingerprint density at radius 1 is 1.22 bits per heavy atom. The van der Waals surface area contributed by atoms with E-state index in [0.29, 0.717) is 25.5 Å². The van der Waals surface area contributed by atoms with E-state index in [4.69, 9.17) is 0 Å². The highest BCUT2D eigenvalue weighted by atomic mass is 32.2. The van der Waals surface area contributed by atoms with Crippen LogP contribution < -0.4 is 10.9 Å². The summed E-state index contributed by atoms with van der Waals surface area (Å²) >= 11 is 1.35. The van der Waals surface area contributed by atoms with E-state index < -0.39 is 5.44 Å². The quantitative estimate of drug-likeness (QED) is 0.653. The van der Waals surface area contributed by atoms with Gasteiger partial charge >= 0.3 is 6.03 Å². The number of piperidine rings is 1. The predicted octanol–water partition coefficient (Wildman–Crippen LogP) is 2.34. The average molecular weight is 457 g/mol. The lowest BCUT2D eigenvalue weighted by Gasteiger charge is -2.33. The van der Waals surface area contributed by atoms with Gasteiger partial charge in [0.1, 0.15) is 5.44 Å². The molecule has 32 heavy (non-hydrogen) atoms. The lowest BCUT2D eigenvalue weighted by Crippen LogP contribution is -2.46. The predicted molar refractivity (Wildman–Crippen MR) is 128 cm³/mol. The van der Waals surface area contributed by atoms with Crippen LogP contribution in [-0.2, 0) is 20.0 Å². The summed E-state index contributed by atoms with van der Waals surface area (Å²) in [6.45, 7) is 3.61. The number of nitrogens with zero attached hydrogens (tertiary/aromatic N) is 3. The van der Waals surface area contributed by atoms with Crippen LogP contribution in [0.5, 0.6) is 0 Å². The van der Waals surface area contributed by atoms with E-state index in [2.05, 4.69) is 34.5 Å². The zero-order valence-corrected chi connectivity index (χ0v) is 19.4. The van der Waals surface area contributed by atoms with E-state index in [1.807, 2.05) is 12.1 Å². The smallest absolute Gasteiger partial charge is 0.318 e. The molecule has 2 aliphatic rings. The van der Waals surface area contributed by atoms with Crippen LogP contribution >= 0.6 is 11.8 Å². The van der Waals surface area contributed by atoms with Crippen LogP contribution in [0, 0.1) is 0 Å². The lowest BCUT2D eigenvalue weighted by atomic mass is 9.91. The van der Waals surface area contributed by atoms with Crippen molar-refractivity contribution in [2.75, 3.05) is 32.1 Å². The number of β-amino-alcohol motifs (C(OH)–C–C–N with tert-alkyl or cyclic N) is 1. The molecule has 3 heterocycles. The van der Waals surface area contributed by atoms with Crippen molar-refractivity contribution in [3.63, 3.8) is 0 Å². The highest BCUT2D eigenvalue weighted by Crippen LogP contribution is 2.25. The first-order chi connectivity index (χ1) is 15.5. The van der Waals surface area contributed by atoms with Gasteiger partial charge in [0, 0.05) is 57.4 Å². The van der Waals surface area contributed by atoms with Crippen LogP contribution in [0.3, 0.4) is 0 Å². The van der Waals surface area contributed by atoms with Gasteiger partial charge in [-0.2, -0.15) is 0 Å². The molecular formula is C24H32N4O3S. The Labute approximate surface area is 193 Å². The van der Waals surface area contributed by atoms with Gasteiger partial charge in [0.05, 0.1) is 5.88 Å². The fraction of sp³-hybridized carbons (Fsp3) is 0.500. The Kier molecular flexibility index (Phi) is 7.55. The molecule has 2 aromatic rings. The number of carbonyl (C=O) groups is 1. The van der Waals surface area contributed by atoms with E-state index in [1.165, 1.54) is 22.9 Å². The molecule has 0 spiro atoms. The molecular weight excluding hydrogens is 424 g/mol. The Balaban J connectivity index is 1.21. The standard InChI is InChI=1S/C24H32N4O3S/c1-26-11-5-9-21(23(26)30)20-8-4-12-28(15-20)24(31)25-17-32-22(29)16-27-13-10-18-6-2-3-7-19(18)14-27/h2-3,5-7,9,11,20,22,29H,4,8,10,12-17H2,1H3,(H,25,31)/t20?,22-/m0/s1. The lowest BCUT2D eigenvalue weighted by molar-refractivity contribution is 0.163. The van der Waals surface area contributed by atoms with Gasteiger partial charge in [-0.25, -0.2) is 4.79 Å². The van der Waals surface area contributed by atoms with E-state index in [-0.39, 0.29) is 17.5 Å². The van der Waals surface area contributed by atoms with Crippen molar-refractivity contribution >= 4 is 17.8 Å². The fourth-order valence-corrected chi connectivity index (χ4v) is 5.35. The summed E-state index contributed by atoms with van der Waals surface area (Å²) < 4.78 is 1.59. The van der Waals surface area contributed by atoms with Crippen LogP contribution in [0.1, 0.15) is 35.4 Å². The van der Waals surface area contributed by atoms with Gasteiger partial charge in [-0.1, -0.05) is 30.3 Å². The van der Waals surface area contributed by atoms with E-state index >= 15 is 0 Å². The normalized spacial score (nSPS) is 19.9. The molecule has 2 atom stereocenters. The number of benzene rings is 1. The topological polar surface area (TPSA) is 77.8 Å². The van der Waals surface area contributed by atoms with Gasteiger partial charge in [-0.05, 0) is 36.5 Å². The van der Waals surface area contributed by atoms with Crippen molar-refractivity contribution < 1.29 is 9.90 Å². The number of thioether (sulfide) groups is 1. The Bertz CT molecular complexity index is 995. The van der Waals surface area contributed by atoms with Crippen LogP contribution in [0.2, 0.25) is 0 Å². The van der Waals surface area contributed by atoms with Crippen molar-refractivity contribution in [1.82, 2.24) is 19.7 Å². The van der Waals surface area contributed by atoms with E-state index in [9.17, 15) is 14.7 Å². The van der Waals surface area contributed by atoms with Crippen molar-refractivity contribution in [2.24, 2.45) is 7.05 Å². The van der Waals surface area contributed by atoms with Gasteiger partial charge in [0.25, 0.3) is 5.56 Å². The minimum atomic E-state index is -0.554. The van der Waals surface area contributed by atoms with Gasteiger partial charge in [-0.15, -0.1) is 11.8 Å². The molecule has 0 bridgehead atoms. The van der Waals surface area contributed by atoms with E-state index in [1.54, 1.807) is 22.7 Å². The molecule has 2 amide bonds. The fourth-order valence-electron chi connectivity index (χ4n) is 4.64. The molecule has 7 nitrogen and oxygen atoms in total. The molecule has 0 radical (unpaired) electrons. The third kappa shape index (κ3) is 5.54. The molecule has 8 heteroatoms. The second-order valence-corrected chi connectivity index (χ2v) is 9.83. The average Bonchev–Trinajstić information content (AvgIpc) is 2.81.